The molecule has 0 aromatic rings. The monoisotopic (exact) mass is 256 g/mol. The van der Waals surface area contributed by atoms with Gasteiger partial charge in [-0.2, -0.15) is 0 Å². The van der Waals surface area contributed by atoms with Gasteiger partial charge < -0.3 is 15.8 Å². The van der Waals surface area contributed by atoms with Gasteiger partial charge in [0.15, 0.2) is 0 Å². The molecule has 3 heteroatoms. The van der Waals surface area contributed by atoms with Gasteiger partial charge in [0.05, 0.1) is 0 Å². The molecular formula is C15H32N2O. The number of ether oxygens (including phenoxy) is 1. The molecule has 0 radical (unpaired) electrons. The van der Waals surface area contributed by atoms with E-state index in [0.29, 0.717) is 11.8 Å². The minimum absolute atomic E-state index is 0.110. The van der Waals surface area contributed by atoms with Crippen LogP contribution >= 0.6 is 0 Å². The summed E-state index contributed by atoms with van der Waals surface area (Å²) in [5.74, 6) is 2.15. The van der Waals surface area contributed by atoms with E-state index in [-0.39, 0.29) is 5.54 Å². The maximum absolute atomic E-state index is 6.03. The van der Waals surface area contributed by atoms with Crippen molar-refractivity contribution in [2.75, 3.05) is 26.3 Å². The van der Waals surface area contributed by atoms with Gasteiger partial charge in [-0.25, -0.2) is 0 Å². The SMILES string of the molecule is CC(C)C(CNC1(CN)CCCOCC1)C(C)C. The molecule has 1 saturated heterocycles. The van der Waals surface area contributed by atoms with Gasteiger partial charge in [0, 0.05) is 25.3 Å². The van der Waals surface area contributed by atoms with Gasteiger partial charge in [-0.3, -0.25) is 0 Å². The molecule has 3 nitrogen and oxygen atoms in total. The Labute approximate surface area is 113 Å². The summed E-state index contributed by atoms with van der Waals surface area (Å²) < 4.78 is 5.56. The molecule has 0 aromatic carbocycles. The zero-order valence-corrected chi connectivity index (χ0v) is 12.7. The van der Waals surface area contributed by atoms with Crippen LogP contribution in [0.1, 0.15) is 47.0 Å². The van der Waals surface area contributed by atoms with Crippen LogP contribution in [0, 0.1) is 17.8 Å². The third-order valence-corrected chi connectivity index (χ3v) is 4.49. The summed E-state index contributed by atoms with van der Waals surface area (Å²) >= 11 is 0. The second kappa shape index (κ2) is 7.46. The van der Waals surface area contributed by atoms with E-state index in [4.69, 9.17) is 10.5 Å². The fourth-order valence-corrected chi connectivity index (χ4v) is 3.04. The van der Waals surface area contributed by atoms with Gasteiger partial charge in [0.2, 0.25) is 0 Å². The van der Waals surface area contributed by atoms with Crippen molar-refractivity contribution in [3.8, 4) is 0 Å². The standard InChI is InChI=1S/C15H32N2O/c1-12(2)14(13(3)4)10-17-15(11-16)6-5-8-18-9-7-15/h12-14,17H,5-11,16H2,1-4H3. The van der Waals surface area contributed by atoms with E-state index in [1.807, 2.05) is 0 Å². The first-order valence-electron chi connectivity index (χ1n) is 7.53. The highest BCUT2D eigenvalue weighted by molar-refractivity contribution is 4.91. The van der Waals surface area contributed by atoms with Crippen LogP contribution in [-0.4, -0.2) is 31.8 Å². The molecule has 0 spiro atoms. The Kier molecular flexibility index (Phi) is 6.61. The van der Waals surface area contributed by atoms with E-state index in [1.54, 1.807) is 0 Å². The van der Waals surface area contributed by atoms with Crippen LogP contribution in [0.15, 0.2) is 0 Å². The quantitative estimate of drug-likeness (QED) is 0.767. The molecule has 0 aliphatic carbocycles. The molecule has 1 fully saturated rings. The maximum atomic E-state index is 6.03. The molecule has 0 bridgehead atoms. The van der Waals surface area contributed by atoms with Crippen molar-refractivity contribution in [3.05, 3.63) is 0 Å². The highest BCUT2D eigenvalue weighted by Crippen LogP contribution is 2.24. The molecule has 0 saturated carbocycles. The Hall–Kier alpha value is -0.120. The van der Waals surface area contributed by atoms with Crippen molar-refractivity contribution in [3.63, 3.8) is 0 Å². The normalized spacial score (nSPS) is 26.0. The van der Waals surface area contributed by atoms with Gasteiger partial charge in [-0.15, -0.1) is 0 Å². The van der Waals surface area contributed by atoms with E-state index in [1.165, 1.54) is 0 Å². The molecule has 18 heavy (non-hydrogen) atoms. The summed E-state index contributed by atoms with van der Waals surface area (Å²) in [7, 11) is 0. The Bertz CT molecular complexity index is 213. The van der Waals surface area contributed by atoms with E-state index in [0.717, 1.165) is 51.5 Å². The lowest BCUT2D eigenvalue weighted by molar-refractivity contribution is 0.134. The van der Waals surface area contributed by atoms with Crippen molar-refractivity contribution >= 4 is 0 Å². The summed E-state index contributed by atoms with van der Waals surface area (Å²) in [6, 6.07) is 0. The summed E-state index contributed by atoms with van der Waals surface area (Å²) in [5, 5.41) is 3.78. The first-order valence-corrected chi connectivity index (χ1v) is 7.53. The van der Waals surface area contributed by atoms with Gasteiger partial charge in [0.25, 0.3) is 0 Å². The zero-order chi connectivity index (χ0) is 13.6. The highest BCUT2D eigenvalue weighted by Gasteiger charge is 2.30. The molecule has 0 amide bonds. The summed E-state index contributed by atoms with van der Waals surface area (Å²) in [5.41, 5.74) is 6.14. The molecule has 1 heterocycles. The summed E-state index contributed by atoms with van der Waals surface area (Å²) in [6.45, 7) is 12.8. The minimum Gasteiger partial charge on any atom is -0.381 e. The van der Waals surface area contributed by atoms with Crippen LogP contribution in [0.3, 0.4) is 0 Å². The van der Waals surface area contributed by atoms with Crippen LogP contribution in [0.25, 0.3) is 0 Å². The van der Waals surface area contributed by atoms with Crippen molar-refractivity contribution in [1.29, 1.82) is 0 Å². The van der Waals surface area contributed by atoms with Gasteiger partial charge in [-0.05, 0) is 43.6 Å². The van der Waals surface area contributed by atoms with E-state index in [9.17, 15) is 0 Å². The number of nitrogens with two attached hydrogens (primary N) is 1. The number of hydrogen-bond acceptors (Lipinski definition) is 3. The average Bonchev–Trinajstić information content (AvgIpc) is 2.54. The largest absolute Gasteiger partial charge is 0.381 e. The molecule has 1 rings (SSSR count). The second-order valence-electron chi connectivity index (χ2n) is 6.48. The topological polar surface area (TPSA) is 47.3 Å². The Balaban J connectivity index is 2.56. The van der Waals surface area contributed by atoms with Crippen LogP contribution in [0.5, 0.6) is 0 Å². The number of nitrogens with one attached hydrogen (secondary N) is 1. The molecule has 108 valence electrons. The molecule has 1 aliphatic rings. The first kappa shape index (κ1) is 15.9. The lowest BCUT2D eigenvalue weighted by atomic mass is 9.83. The van der Waals surface area contributed by atoms with Crippen molar-refractivity contribution < 1.29 is 4.74 Å². The molecule has 1 aliphatic heterocycles. The zero-order valence-electron chi connectivity index (χ0n) is 12.7. The number of hydrogen-bond donors (Lipinski definition) is 2. The molecule has 1 unspecified atom stereocenters. The lowest BCUT2D eigenvalue weighted by Crippen LogP contribution is -2.53. The van der Waals surface area contributed by atoms with Crippen LogP contribution in [0.2, 0.25) is 0 Å². The molecular weight excluding hydrogens is 224 g/mol. The van der Waals surface area contributed by atoms with Crippen LogP contribution < -0.4 is 11.1 Å². The van der Waals surface area contributed by atoms with Gasteiger partial charge in [-0.1, -0.05) is 27.7 Å². The fourth-order valence-electron chi connectivity index (χ4n) is 3.04. The predicted octanol–water partition coefficient (Wildman–Crippen LogP) is 2.40. The van der Waals surface area contributed by atoms with Crippen LogP contribution in [0.4, 0.5) is 0 Å². The van der Waals surface area contributed by atoms with Gasteiger partial charge >= 0.3 is 0 Å². The molecule has 1 atom stereocenters. The van der Waals surface area contributed by atoms with Crippen molar-refractivity contribution in [2.24, 2.45) is 23.5 Å². The van der Waals surface area contributed by atoms with E-state index < -0.39 is 0 Å². The lowest BCUT2D eigenvalue weighted by Gasteiger charge is -2.36. The molecule has 3 N–H and O–H groups in total. The van der Waals surface area contributed by atoms with E-state index >= 15 is 0 Å². The summed E-state index contributed by atoms with van der Waals surface area (Å²) in [4.78, 5) is 0. The maximum Gasteiger partial charge on any atom is 0.0484 e. The van der Waals surface area contributed by atoms with Crippen molar-refractivity contribution in [1.82, 2.24) is 5.32 Å². The Morgan fingerprint density at radius 3 is 2.33 bits per heavy atom. The summed E-state index contributed by atoms with van der Waals surface area (Å²) in [6.07, 6.45) is 3.32. The van der Waals surface area contributed by atoms with Crippen LogP contribution in [-0.2, 0) is 4.74 Å². The Morgan fingerprint density at radius 1 is 1.11 bits per heavy atom. The fraction of sp³-hybridized carbons (Fsp3) is 1.00. The minimum atomic E-state index is 0.110. The average molecular weight is 256 g/mol. The van der Waals surface area contributed by atoms with E-state index in [2.05, 4.69) is 33.0 Å². The highest BCUT2D eigenvalue weighted by atomic mass is 16.5. The predicted molar refractivity (Wildman–Crippen MR) is 77.6 cm³/mol. The van der Waals surface area contributed by atoms with Crippen molar-refractivity contribution in [2.45, 2.75) is 52.5 Å². The molecule has 0 aromatic heterocycles. The Morgan fingerprint density at radius 2 is 1.78 bits per heavy atom. The third-order valence-electron chi connectivity index (χ3n) is 4.49. The first-order chi connectivity index (χ1) is 8.51. The number of rotatable bonds is 6. The third kappa shape index (κ3) is 4.52. The smallest absolute Gasteiger partial charge is 0.0484 e. The second-order valence-corrected chi connectivity index (χ2v) is 6.48. The van der Waals surface area contributed by atoms with Gasteiger partial charge in [0.1, 0.15) is 0 Å².